The maximum absolute atomic E-state index is 2.58. The summed E-state index contributed by atoms with van der Waals surface area (Å²) in [7, 11) is 0. The summed E-state index contributed by atoms with van der Waals surface area (Å²) < 4.78 is 0. The molecule has 0 fully saturated rings. The van der Waals surface area contributed by atoms with Crippen LogP contribution in [0.2, 0.25) is 0 Å². The first-order valence-electron chi connectivity index (χ1n) is 20.4. The van der Waals surface area contributed by atoms with Crippen molar-refractivity contribution < 1.29 is 0 Å². The van der Waals surface area contributed by atoms with E-state index in [0.717, 1.165) is 6.42 Å². The summed E-state index contributed by atoms with van der Waals surface area (Å²) in [5.41, 5.74) is 7.17. The lowest BCUT2D eigenvalue weighted by Crippen LogP contribution is -2.41. The van der Waals surface area contributed by atoms with E-state index in [1.165, 1.54) is 107 Å². The van der Waals surface area contributed by atoms with Crippen LogP contribution in [-0.2, 0) is 11.8 Å². The maximum Gasteiger partial charge on any atom is -0.00258 e. The Kier molecular flexibility index (Phi) is 18.7. The van der Waals surface area contributed by atoms with Crippen LogP contribution in [0.15, 0.2) is 91.0 Å². The highest BCUT2D eigenvalue weighted by Gasteiger charge is 2.46. The lowest BCUT2D eigenvalue weighted by molar-refractivity contribution is 0.0123. The molecular weight excluding hydrogens is 589 g/mol. The predicted octanol–water partition coefficient (Wildman–Crippen LogP) is 15.8. The van der Waals surface area contributed by atoms with Gasteiger partial charge in [-0.25, -0.2) is 0 Å². The molecule has 272 valence electrons. The van der Waals surface area contributed by atoms with Gasteiger partial charge in [-0.3, -0.25) is 0 Å². The van der Waals surface area contributed by atoms with Crippen LogP contribution in [0.4, 0.5) is 0 Å². The summed E-state index contributed by atoms with van der Waals surface area (Å²) >= 11 is 0. The van der Waals surface area contributed by atoms with Crippen molar-refractivity contribution in [1.29, 1.82) is 0 Å². The SMILES string of the molecule is C/C=C/c1ccc(Cc2ccccc2)cc1.CCCCCC(CC(CC)(CC)CC)(CC(CC)(CC)CC)CC(C)(CC)c1ccccc1. The van der Waals surface area contributed by atoms with E-state index in [9.17, 15) is 0 Å². The second-order valence-corrected chi connectivity index (χ2v) is 15.8. The van der Waals surface area contributed by atoms with Gasteiger partial charge < -0.3 is 0 Å². The smallest absolute Gasteiger partial charge is 0.00258 e. The van der Waals surface area contributed by atoms with Crippen molar-refractivity contribution in [3.63, 3.8) is 0 Å². The first kappa shape index (κ1) is 42.6. The lowest BCUT2D eigenvalue weighted by Gasteiger charge is -2.51. The van der Waals surface area contributed by atoms with Gasteiger partial charge in [0, 0.05) is 0 Å². The summed E-state index contributed by atoms with van der Waals surface area (Å²) in [6, 6.07) is 30.8. The largest absolute Gasteiger partial charge is 0.0871 e. The average Bonchev–Trinajstić information content (AvgIpc) is 3.15. The summed E-state index contributed by atoms with van der Waals surface area (Å²) in [4.78, 5) is 0. The molecule has 3 aromatic carbocycles. The average molecular weight is 665 g/mol. The first-order valence-corrected chi connectivity index (χ1v) is 20.4. The fraction of sp³-hybridized carbons (Fsp3) is 0.592. The Morgan fingerprint density at radius 1 is 0.490 bits per heavy atom. The Labute approximate surface area is 305 Å². The van der Waals surface area contributed by atoms with Gasteiger partial charge in [0.05, 0.1) is 0 Å². The van der Waals surface area contributed by atoms with Gasteiger partial charge in [0.25, 0.3) is 0 Å². The molecule has 0 aliphatic heterocycles. The van der Waals surface area contributed by atoms with Crippen LogP contribution < -0.4 is 0 Å². The van der Waals surface area contributed by atoms with Crippen LogP contribution in [0.5, 0.6) is 0 Å². The molecule has 0 amide bonds. The Hall–Kier alpha value is -2.60. The molecule has 0 spiro atoms. The minimum Gasteiger partial charge on any atom is -0.0871 e. The molecule has 0 heteroatoms. The molecule has 3 aromatic rings. The molecule has 0 saturated carbocycles. The number of hydrogen-bond acceptors (Lipinski definition) is 0. The third kappa shape index (κ3) is 12.9. The Morgan fingerprint density at radius 2 is 0.959 bits per heavy atom. The molecule has 1 atom stereocenters. The lowest BCUT2D eigenvalue weighted by atomic mass is 9.53. The standard InChI is InChI=1S/C33H60.C16H16/c1-10-18-22-25-33(27-31(12-3,13-4)14-5,28-32(15-6,16-7)17-8)26-30(9,11-2)29-23-20-19-21-24-29;1-2-6-14-9-11-16(12-10-14)13-15-7-4-3-5-8-15/h19-21,23-24H,10-18,22,25-28H2,1-9H3;2-12H,13H2,1H3/b;6-2+. The van der Waals surface area contributed by atoms with E-state index in [4.69, 9.17) is 0 Å². The zero-order chi connectivity index (χ0) is 36.2. The minimum absolute atomic E-state index is 0.245. The van der Waals surface area contributed by atoms with Crippen LogP contribution in [0, 0.1) is 16.2 Å². The van der Waals surface area contributed by atoms with Gasteiger partial charge in [-0.1, -0.05) is 217 Å². The highest BCUT2D eigenvalue weighted by Crippen LogP contribution is 2.57. The second-order valence-electron chi connectivity index (χ2n) is 15.8. The number of hydrogen-bond donors (Lipinski definition) is 0. The van der Waals surface area contributed by atoms with E-state index in [0.29, 0.717) is 16.2 Å². The molecule has 49 heavy (non-hydrogen) atoms. The molecular formula is C49H76. The van der Waals surface area contributed by atoms with Gasteiger partial charge in [-0.05, 0) is 89.4 Å². The van der Waals surface area contributed by atoms with Crippen molar-refractivity contribution in [2.24, 2.45) is 16.2 Å². The number of rotatable bonds is 21. The quantitative estimate of drug-likeness (QED) is 0.0994. The maximum atomic E-state index is 2.58. The van der Waals surface area contributed by atoms with Crippen LogP contribution in [0.25, 0.3) is 6.08 Å². The summed E-state index contributed by atoms with van der Waals surface area (Å²) in [5, 5.41) is 0. The second kappa shape index (κ2) is 21.6. The molecule has 0 aliphatic carbocycles. The van der Waals surface area contributed by atoms with Crippen LogP contribution >= 0.6 is 0 Å². The van der Waals surface area contributed by atoms with Crippen molar-refractivity contribution in [2.45, 2.75) is 171 Å². The molecule has 1 unspecified atom stereocenters. The van der Waals surface area contributed by atoms with Crippen LogP contribution in [0.1, 0.15) is 181 Å². The molecule has 0 bridgehead atoms. The topological polar surface area (TPSA) is 0 Å². The minimum atomic E-state index is 0.245. The van der Waals surface area contributed by atoms with Crippen LogP contribution in [0.3, 0.4) is 0 Å². The highest BCUT2D eigenvalue weighted by molar-refractivity contribution is 5.49. The number of unbranched alkanes of at least 4 members (excludes halogenated alkanes) is 2. The van der Waals surface area contributed by atoms with Gasteiger partial charge in [-0.15, -0.1) is 0 Å². The zero-order valence-corrected chi connectivity index (χ0v) is 33.8. The van der Waals surface area contributed by atoms with Gasteiger partial charge in [0.2, 0.25) is 0 Å². The van der Waals surface area contributed by atoms with Gasteiger partial charge in [-0.2, -0.15) is 0 Å². The van der Waals surface area contributed by atoms with Crippen molar-refractivity contribution in [3.8, 4) is 0 Å². The van der Waals surface area contributed by atoms with Crippen molar-refractivity contribution >= 4 is 6.08 Å². The van der Waals surface area contributed by atoms with Gasteiger partial charge in [0.15, 0.2) is 0 Å². The summed E-state index contributed by atoms with van der Waals surface area (Å²) in [6.45, 7) is 24.2. The monoisotopic (exact) mass is 665 g/mol. The number of allylic oxidation sites excluding steroid dienone is 1. The normalized spacial score (nSPS) is 13.6. The fourth-order valence-corrected chi connectivity index (χ4v) is 8.91. The Bertz CT molecular complexity index is 1230. The molecule has 3 rings (SSSR count). The molecule has 0 nitrogen and oxygen atoms in total. The van der Waals surface area contributed by atoms with Gasteiger partial charge in [0.1, 0.15) is 0 Å². The van der Waals surface area contributed by atoms with E-state index >= 15 is 0 Å². The van der Waals surface area contributed by atoms with E-state index < -0.39 is 0 Å². The first-order chi connectivity index (χ1) is 23.6. The van der Waals surface area contributed by atoms with Crippen molar-refractivity contribution in [3.05, 3.63) is 113 Å². The summed E-state index contributed by atoms with van der Waals surface area (Å²) in [5.74, 6) is 0. The number of benzene rings is 3. The van der Waals surface area contributed by atoms with Crippen molar-refractivity contribution in [2.75, 3.05) is 0 Å². The van der Waals surface area contributed by atoms with Crippen molar-refractivity contribution in [1.82, 2.24) is 0 Å². The van der Waals surface area contributed by atoms with E-state index in [1.807, 2.05) is 6.92 Å². The van der Waals surface area contributed by atoms with E-state index in [-0.39, 0.29) is 5.41 Å². The Balaban J connectivity index is 0.000000430. The van der Waals surface area contributed by atoms with Gasteiger partial charge >= 0.3 is 0 Å². The van der Waals surface area contributed by atoms with E-state index in [1.54, 1.807) is 5.56 Å². The molecule has 0 radical (unpaired) electrons. The van der Waals surface area contributed by atoms with E-state index in [2.05, 4.69) is 159 Å². The zero-order valence-electron chi connectivity index (χ0n) is 33.8. The molecule has 0 aliphatic rings. The molecule has 0 aromatic heterocycles. The summed E-state index contributed by atoms with van der Waals surface area (Å²) in [6.07, 6.45) is 24.0. The molecule has 0 N–H and O–H groups in total. The highest BCUT2D eigenvalue weighted by atomic mass is 14.5. The third-order valence-corrected chi connectivity index (χ3v) is 12.9. The predicted molar refractivity (Wildman–Crippen MR) is 222 cm³/mol. The molecule has 0 saturated heterocycles. The molecule has 0 heterocycles. The Morgan fingerprint density at radius 3 is 1.39 bits per heavy atom. The third-order valence-electron chi connectivity index (χ3n) is 12.9. The van der Waals surface area contributed by atoms with Crippen LogP contribution in [-0.4, -0.2) is 0 Å². The fourth-order valence-electron chi connectivity index (χ4n) is 8.91.